The highest BCUT2D eigenvalue weighted by Gasteiger charge is 2.38. The summed E-state index contributed by atoms with van der Waals surface area (Å²) in [7, 11) is -0.111. The van der Waals surface area contributed by atoms with Crippen LogP contribution in [-0.2, 0) is 28.3 Å². The maximum absolute atomic E-state index is 12.5. The summed E-state index contributed by atoms with van der Waals surface area (Å²) in [6.07, 6.45) is -3.43. The van der Waals surface area contributed by atoms with Crippen LogP contribution in [0, 0.1) is 13.8 Å². The molecule has 0 radical (unpaired) electrons. The standard InChI is InChI=1S/C21H25ClN4O4S2.C2HF3O2/c1-13-16(14(2)26(4)23-13)6-5-11-25(3)18-8-7-15(12-17(18)21(27)28)24-32(29,30)20-10-9-19(22)31-20;3-2(4,5)1(6)7/h7-10,12,24H,5-6,11H2,1-4H3,(H,27,28);(H,6,7). The van der Waals surface area contributed by atoms with Crippen molar-refractivity contribution in [2.45, 2.75) is 37.1 Å². The highest BCUT2D eigenvalue weighted by atomic mass is 35.5. The number of alkyl halides is 3. The number of aliphatic carboxylic acids is 1. The van der Waals surface area contributed by atoms with Crippen molar-refractivity contribution in [2.75, 3.05) is 23.2 Å². The lowest BCUT2D eigenvalue weighted by atomic mass is 10.1. The van der Waals surface area contributed by atoms with Crippen molar-refractivity contribution in [1.29, 1.82) is 0 Å². The second kappa shape index (κ2) is 12.7. The molecule has 3 rings (SSSR count). The van der Waals surface area contributed by atoms with Gasteiger partial charge in [0.2, 0.25) is 0 Å². The van der Waals surface area contributed by atoms with Crippen LogP contribution in [0.1, 0.15) is 33.7 Å². The predicted molar refractivity (Wildman–Crippen MR) is 142 cm³/mol. The molecular weight excluding hydrogens is 585 g/mol. The summed E-state index contributed by atoms with van der Waals surface area (Å²) in [5, 5.41) is 21.3. The minimum atomic E-state index is -5.08. The smallest absolute Gasteiger partial charge is 0.478 e. The molecule has 2 aromatic heterocycles. The topological polar surface area (TPSA) is 142 Å². The average molecular weight is 611 g/mol. The fraction of sp³-hybridized carbons (Fsp3) is 0.348. The molecule has 0 aliphatic rings. The highest BCUT2D eigenvalue weighted by Crippen LogP contribution is 2.29. The van der Waals surface area contributed by atoms with Crippen LogP contribution >= 0.6 is 22.9 Å². The van der Waals surface area contributed by atoms with Crippen LogP contribution in [-0.4, -0.2) is 60.1 Å². The van der Waals surface area contributed by atoms with Crippen LogP contribution < -0.4 is 9.62 Å². The number of benzene rings is 1. The van der Waals surface area contributed by atoms with Gasteiger partial charge in [-0.1, -0.05) is 11.6 Å². The maximum Gasteiger partial charge on any atom is 0.490 e. The quantitative estimate of drug-likeness (QED) is 0.309. The molecule has 0 aliphatic carbocycles. The number of nitrogens with zero attached hydrogens (tertiary/aromatic N) is 3. The normalized spacial score (nSPS) is 11.5. The highest BCUT2D eigenvalue weighted by molar-refractivity contribution is 7.94. The molecule has 0 amide bonds. The molecule has 0 aliphatic heterocycles. The Labute approximate surface area is 231 Å². The Kier molecular flexibility index (Phi) is 10.4. The Morgan fingerprint density at radius 1 is 1.18 bits per heavy atom. The van der Waals surface area contributed by atoms with Gasteiger partial charge in [0.05, 0.1) is 21.3 Å². The van der Waals surface area contributed by atoms with E-state index in [1.165, 1.54) is 23.8 Å². The van der Waals surface area contributed by atoms with Gasteiger partial charge in [-0.05, 0) is 62.6 Å². The number of nitrogens with one attached hydrogen (secondary N) is 1. The zero-order valence-corrected chi connectivity index (χ0v) is 23.6. The fourth-order valence-corrected chi connectivity index (χ4v) is 6.08. The number of carbonyl (C=O) groups is 2. The lowest BCUT2D eigenvalue weighted by Gasteiger charge is -2.22. The molecule has 2 heterocycles. The van der Waals surface area contributed by atoms with Gasteiger partial charge in [-0.3, -0.25) is 9.40 Å². The molecular formula is C23H26ClF3N4O6S2. The molecule has 1 aromatic carbocycles. The van der Waals surface area contributed by atoms with Gasteiger partial charge in [0.1, 0.15) is 4.21 Å². The average Bonchev–Trinajstić information content (AvgIpc) is 3.37. The van der Waals surface area contributed by atoms with Crippen LogP contribution in [0.5, 0.6) is 0 Å². The summed E-state index contributed by atoms with van der Waals surface area (Å²) in [6, 6.07) is 7.40. The van der Waals surface area contributed by atoms with Crippen LogP contribution in [0.15, 0.2) is 34.5 Å². The van der Waals surface area contributed by atoms with E-state index >= 15 is 0 Å². The van der Waals surface area contributed by atoms with E-state index in [1.54, 1.807) is 12.1 Å². The maximum atomic E-state index is 12.5. The molecule has 0 unspecified atom stereocenters. The second-order valence-corrected chi connectivity index (χ2v) is 11.9. The molecule has 0 fully saturated rings. The number of aromatic carboxylic acids is 1. The monoisotopic (exact) mass is 610 g/mol. The van der Waals surface area contributed by atoms with Crippen LogP contribution in [0.3, 0.4) is 0 Å². The number of thiophene rings is 1. The Morgan fingerprint density at radius 3 is 2.26 bits per heavy atom. The third-order valence-electron chi connectivity index (χ3n) is 5.53. The number of sulfonamides is 1. The number of hydrogen-bond acceptors (Lipinski definition) is 7. The minimum absolute atomic E-state index is 0.0191. The first kappa shape index (κ1) is 31.9. The molecule has 214 valence electrons. The molecule has 16 heteroatoms. The number of aromatic nitrogens is 2. The zero-order valence-electron chi connectivity index (χ0n) is 21.2. The van der Waals surface area contributed by atoms with Crippen LogP contribution in [0.4, 0.5) is 24.5 Å². The van der Waals surface area contributed by atoms with E-state index in [1.807, 2.05) is 37.5 Å². The molecule has 0 atom stereocenters. The lowest BCUT2D eigenvalue weighted by molar-refractivity contribution is -0.192. The number of rotatable bonds is 9. The summed E-state index contributed by atoms with van der Waals surface area (Å²) in [4.78, 5) is 22.6. The van der Waals surface area contributed by atoms with Gasteiger partial charge < -0.3 is 15.1 Å². The Balaban J connectivity index is 0.000000673. The predicted octanol–water partition coefficient (Wildman–Crippen LogP) is 4.95. The van der Waals surface area contributed by atoms with Gasteiger partial charge in [0.25, 0.3) is 10.0 Å². The van der Waals surface area contributed by atoms with Crippen molar-refractivity contribution in [2.24, 2.45) is 7.05 Å². The molecule has 3 aromatic rings. The van der Waals surface area contributed by atoms with Crippen molar-refractivity contribution >= 4 is 56.3 Å². The van der Waals surface area contributed by atoms with Gasteiger partial charge in [-0.25, -0.2) is 18.0 Å². The Hall–Kier alpha value is -3.30. The first-order valence-corrected chi connectivity index (χ1v) is 13.8. The third-order valence-corrected chi connectivity index (χ3v) is 8.63. The van der Waals surface area contributed by atoms with Crippen molar-refractivity contribution < 1.29 is 41.4 Å². The van der Waals surface area contributed by atoms with Crippen molar-refractivity contribution in [1.82, 2.24) is 9.78 Å². The van der Waals surface area contributed by atoms with Crippen LogP contribution in [0.25, 0.3) is 0 Å². The minimum Gasteiger partial charge on any atom is -0.478 e. The lowest BCUT2D eigenvalue weighted by Crippen LogP contribution is -2.22. The number of halogens is 4. The molecule has 0 saturated carbocycles. The summed E-state index contributed by atoms with van der Waals surface area (Å²) in [6.45, 7) is 4.65. The van der Waals surface area contributed by atoms with Gasteiger partial charge >= 0.3 is 18.1 Å². The van der Waals surface area contributed by atoms with E-state index in [4.69, 9.17) is 21.5 Å². The number of carboxylic acid groups (broad SMARTS) is 2. The van der Waals surface area contributed by atoms with Crippen molar-refractivity contribution in [3.63, 3.8) is 0 Å². The molecule has 39 heavy (non-hydrogen) atoms. The van der Waals surface area contributed by atoms with Crippen LogP contribution in [0.2, 0.25) is 4.34 Å². The van der Waals surface area contributed by atoms with Crippen molar-refractivity contribution in [3.8, 4) is 0 Å². The fourth-order valence-electron chi connectivity index (χ4n) is 3.54. The second-order valence-electron chi connectivity index (χ2n) is 8.30. The summed E-state index contributed by atoms with van der Waals surface area (Å²) in [5.74, 6) is -3.89. The first-order valence-electron chi connectivity index (χ1n) is 11.1. The van der Waals surface area contributed by atoms with Crippen molar-refractivity contribution in [3.05, 3.63) is 57.2 Å². The van der Waals surface area contributed by atoms with E-state index < -0.39 is 28.1 Å². The van der Waals surface area contributed by atoms with Gasteiger partial charge in [0.15, 0.2) is 0 Å². The van der Waals surface area contributed by atoms with E-state index in [2.05, 4.69) is 9.82 Å². The van der Waals surface area contributed by atoms with E-state index in [0.717, 1.165) is 35.6 Å². The summed E-state index contributed by atoms with van der Waals surface area (Å²) < 4.78 is 61.5. The third kappa shape index (κ3) is 8.60. The number of hydrogen-bond donors (Lipinski definition) is 3. The molecule has 0 spiro atoms. The SMILES string of the molecule is Cc1nn(C)c(C)c1CCCN(C)c1ccc(NS(=O)(=O)c2ccc(Cl)s2)cc1C(=O)O.O=C(O)C(F)(F)F. The molecule has 0 bridgehead atoms. The number of aryl methyl sites for hydroxylation is 2. The van der Waals surface area contributed by atoms with Gasteiger partial charge in [-0.15, -0.1) is 11.3 Å². The molecule has 10 nitrogen and oxygen atoms in total. The summed E-state index contributed by atoms with van der Waals surface area (Å²) >= 11 is 6.76. The van der Waals surface area contributed by atoms with E-state index in [0.29, 0.717) is 16.6 Å². The molecule has 0 saturated heterocycles. The molecule has 3 N–H and O–H groups in total. The number of carboxylic acids is 2. The zero-order chi connectivity index (χ0) is 29.7. The van der Waals surface area contributed by atoms with E-state index in [9.17, 15) is 31.5 Å². The summed E-state index contributed by atoms with van der Waals surface area (Å²) in [5.41, 5.74) is 4.04. The van der Waals surface area contributed by atoms with Gasteiger partial charge in [-0.2, -0.15) is 18.3 Å². The Bertz CT molecular complexity index is 1450. The first-order chi connectivity index (χ1) is 17.9. The van der Waals surface area contributed by atoms with Gasteiger partial charge in [0, 0.05) is 32.0 Å². The van der Waals surface area contributed by atoms with E-state index in [-0.39, 0.29) is 15.5 Å². The number of anilines is 2. The largest absolute Gasteiger partial charge is 0.490 e. The Morgan fingerprint density at radius 2 is 1.79 bits per heavy atom.